The molecular formula is C38H29Cl2SiZr. The third-order valence-electron chi connectivity index (χ3n) is 8.84. The van der Waals surface area contributed by atoms with E-state index in [1.807, 2.05) is 0 Å². The molecule has 0 saturated heterocycles. The van der Waals surface area contributed by atoms with Gasteiger partial charge in [-0.3, -0.25) is 0 Å². The Morgan fingerprint density at radius 1 is 0.381 bits per heavy atom. The second-order valence-corrected chi connectivity index (χ2v) is 25.6. The van der Waals surface area contributed by atoms with Crippen LogP contribution in [0, 0.1) is 0 Å². The van der Waals surface area contributed by atoms with Crippen molar-refractivity contribution in [2.45, 2.75) is 12.8 Å². The molecule has 0 bridgehead atoms. The molecule has 0 aliphatic heterocycles. The van der Waals surface area contributed by atoms with Gasteiger partial charge < -0.3 is 24.8 Å². The van der Waals surface area contributed by atoms with Gasteiger partial charge in [-0.25, -0.2) is 0 Å². The Labute approximate surface area is 269 Å². The molecule has 4 heteroatoms. The molecule has 0 atom stereocenters. The van der Waals surface area contributed by atoms with Crippen LogP contribution in [-0.2, 0) is 33.8 Å². The second-order valence-electron chi connectivity index (χ2n) is 11.0. The zero-order valence-electron chi connectivity index (χ0n) is 23.1. The van der Waals surface area contributed by atoms with Gasteiger partial charge >= 0.3 is 247 Å². The first kappa shape index (κ1) is 29.1. The Morgan fingerprint density at radius 2 is 0.762 bits per heavy atom. The molecule has 0 N–H and O–H groups in total. The number of rotatable bonds is 5. The van der Waals surface area contributed by atoms with E-state index in [4.69, 9.17) is 0 Å². The number of fused-ring (bicyclic) bond motifs is 6. The normalized spacial score (nSPS) is 11.9. The number of halogens is 2. The van der Waals surface area contributed by atoms with E-state index in [1.165, 1.54) is 33.4 Å². The van der Waals surface area contributed by atoms with Crippen LogP contribution in [0.25, 0.3) is 22.3 Å². The third-order valence-corrected chi connectivity index (χ3v) is 29.5. The van der Waals surface area contributed by atoms with Gasteiger partial charge in [0.05, 0.1) is 0 Å². The molecule has 0 amide bonds. The van der Waals surface area contributed by atoms with Gasteiger partial charge in [-0.05, 0) is 0 Å². The summed E-state index contributed by atoms with van der Waals surface area (Å²) in [5, 5.41) is 3.17. The van der Waals surface area contributed by atoms with Crippen molar-refractivity contribution in [2.24, 2.45) is 0 Å². The van der Waals surface area contributed by atoms with Crippen LogP contribution in [0.3, 0.4) is 0 Å². The summed E-state index contributed by atoms with van der Waals surface area (Å²) < 4.78 is 3.43. The van der Waals surface area contributed by atoms with Crippen molar-refractivity contribution in [2.75, 3.05) is 0 Å². The molecule has 2 aliphatic rings. The number of hydrogen-bond donors (Lipinski definition) is 0. The van der Waals surface area contributed by atoms with Crippen LogP contribution in [0.2, 0.25) is 0 Å². The zero-order valence-corrected chi connectivity index (χ0v) is 28.2. The Balaban J connectivity index is 0.00000158. The predicted octanol–water partition coefficient (Wildman–Crippen LogP) is -0.0558. The first-order valence-electron chi connectivity index (χ1n) is 14.2. The summed E-state index contributed by atoms with van der Waals surface area (Å²) >= 11 is -2.58. The fourth-order valence-corrected chi connectivity index (χ4v) is 30.3. The first-order valence-corrected chi connectivity index (χ1v) is 22.7. The van der Waals surface area contributed by atoms with Gasteiger partial charge in [-0.2, -0.15) is 0 Å². The Hall–Kier alpha value is -3.00. The van der Waals surface area contributed by atoms with Crippen LogP contribution in [0.4, 0.5) is 0 Å². The van der Waals surface area contributed by atoms with Crippen LogP contribution >= 0.6 is 0 Å². The summed E-state index contributed by atoms with van der Waals surface area (Å²) in [6.07, 6.45) is 2.12. The fourth-order valence-electron chi connectivity index (χ4n) is 7.09. The van der Waals surface area contributed by atoms with E-state index in [9.17, 15) is 0 Å². The van der Waals surface area contributed by atoms with Gasteiger partial charge in [-0.15, -0.1) is 0 Å². The SMILES string of the molecule is [Cl-].[Cl-].c1ccc([SiH](c2ccccc2)[Zr+2]([c]2cccc3c2Cc2ccccc2-3)[c]2cccc3c2Cc2ccccc2-3)cc1. The molecule has 0 heterocycles. The van der Waals surface area contributed by atoms with Crippen molar-refractivity contribution < 1.29 is 45.7 Å². The fraction of sp³-hybridized carbons (Fsp3) is 0.0526. The molecule has 42 heavy (non-hydrogen) atoms. The summed E-state index contributed by atoms with van der Waals surface area (Å²) in [5.41, 5.74) is 12.0. The van der Waals surface area contributed by atoms with Gasteiger partial charge in [0.15, 0.2) is 0 Å². The average molecular weight is 676 g/mol. The molecular weight excluding hydrogens is 647 g/mol. The third kappa shape index (κ3) is 4.89. The monoisotopic (exact) mass is 673 g/mol. The topological polar surface area (TPSA) is 0 Å². The van der Waals surface area contributed by atoms with E-state index in [0.29, 0.717) is 0 Å². The Morgan fingerprint density at radius 3 is 1.21 bits per heavy atom. The van der Waals surface area contributed by atoms with Crippen LogP contribution in [-0.4, -0.2) is 5.92 Å². The molecule has 0 fully saturated rings. The molecule has 6 aromatic rings. The summed E-state index contributed by atoms with van der Waals surface area (Å²) in [4.78, 5) is 0. The summed E-state index contributed by atoms with van der Waals surface area (Å²) in [6, 6.07) is 55.8. The minimum atomic E-state index is -2.58. The van der Waals surface area contributed by atoms with Gasteiger partial charge in [0.1, 0.15) is 0 Å². The summed E-state index contributed by atoms with van der Waals surface area (Å²) in [6.45, 7) is 0. The molecule has 0 saturated carbocycles. The van der Waals surface area contributed by atoms with Crippen molar-refractivity contribution in [3.05, 3.63) is 168 Å². The molecule has 203 valence electrons. The molecule has 2 aliphatic carbocycles. The van der Waals surface area contributed by atoms with Gasteiger partial charge in [0, 0.05) is 0 Å². The number of benzene rings is 6. The summed E-state index contributed by atoms with van der Waals surface area (Å²) in [7, 11) is 0. The van der Waals surface area contributed by atoms with E-state index >= 15 is 0 Å². The molecule has 6 aromatic carbocycles. The van der Waals surface area contributed by atoms with Gasteiger partial charge in [-0.1, -0.05) is 0 Å². The maximum absolute atomic E-state index is 2.58. The van der Waals surface area contributed by atoms with Crippen molar-refractivity contribution >= 4 is 22.8 Å². The van der Waals surface area contributed by atoms with E-state index in [1.54, 1.807) is 28.0 Å². The van der Waals surface area contributed by atoms with E-state index < -0.39 is 26.8 Å². The predicted molar refractivity (Wildman–Crippen MR) is 168 cm³/mol. The quantitative estimate of drug-likeness (QED) is 0.225. The van der Waals surface area contributed by atoms with Crippen molar-refractivity contribution in [1.82, 2.24) is 0 Å². The maximum atomic E-state index is 2.53. The van der Waals surface area contributed by atoms with Gasteiger partial charge in [0.25, 0.3) is 0 Å². The van der Waals surface area contributed by atoms with Crippen LogP contribution in [0.15, 0.2) is 146 Å². The van der Waals surface area contributed by atoms with E-state index in [-0.39, 0.29) is 24.8 Å². The van der Waals surface area contributed by atoms with Crippen molar-refractivity contribution in [3.8, 4) is 22.3 Å². The van der Waals surface area contributed by atoms with E-state index in [0.717, 1.165) is 12.8 Å². The van der Waals surface area contributed by atoms with Crippen molar-refractivity contribution in [1.29, 1.82) is 0 Å². The molecule has 0 unspecified atom stereocenters. The second kappa shape index (κ2) is 12.3. The Bertz CT molecular complexity index is 1730. The standard InChI is InChI=1S/2C13H9.C12H11Si.2ClH.Zr/c2*1-3-7-12-10(5-1)9-11-6-2-4-8-13(11)12;1-3-7-11(8-4-1)13-12-9-5-2-6-10-12;;;/h2*1-5,7-8H,9H2;1-10,13H;2*1H;/q;;;;;+2/p-2. The molecule has 0 radical (unpaired) electrons. The zero-order chi connectivity index (χ0) is 26.5. The summed E-state index contributed by atoms with van der Waals surface area (Å²) in [5.74, 6) is -1.59. The van der Waals surface area contributed by atoms with Gasteiger partial charge in [0.2, 0.25) is 0 Å². The average Bonchev–Trinajstić information content (AvgIpc) is 3.60. The minimum absolute atomic E-state index is 0. The molecule has 0 nitrogen and oxygen atoms in total. The van der Waals surface area contributed by atoms with E-state index in [2.05, 4.69) is 146 Å². The molecule has 0 aromatic heterocycles. The molecule has 0 spiro atoms. The van der Waals surface area contributed by atoms with Crippen molar-refractivity contribution in [3.63, 3.8) is 0 Å². The number of hydrogen-bond acceptors (Lipinski definition) is 0. The Kier molecular flexibility index (Phi) is 8.53. The van der Waals surface area contributed by atoms with Crippen LogP contribution in [0.1, 0.15) is 22.3 Å². The van der Waals surface area contributed by atoms with Crippen LogP contribution < -0.4 is 41.7 Å². The van der Waals surface area contributed by atoms with Crippen LogP contribution in [0.5, 0.6) is 0 Å². The first-order chi connectivity index (χ1) is 19.9. The molecule has 8 rings (SSSR count).